The van der Waals surface area contributed by atoms with E-state index in [0.29, 0.717) is 6.04 Å². The van der Waals surface area contributed by atoms with E-state index in [4.69, 9.17) is 0 Å². The Morgan fingerprint density at radius 1 is 1.25 bits per heavy atom. The largest absolute Gasteiger partial charge is 0.314 e. The molecule has 0 spiro atoms. The Kier molecular flexibility index (Phi) is 4.08. The number of aromatic nitrogens is 3. The van der Waals surface area contributed by atoms with E-state index in [1.807, 2.05) is 18.6 Å². The van der Waals surface area contributed by atoms with Crippen molar-refractivity contribution in [2.75, 3.05) is 19.6 Å². The zero-order valence-corrected chi connectivity index (χ0v) is 11.9. The van der Waals surface area contributed by atoms with Gasteiger partial charge >= 0.3 is 0 Å². The summed E-state index contributed by atoms with van der Waals surface area (Å²) in [4.78, 5) is 6.64. The van der Waals surface area contributed by atoms with Crippen LogP contribution in [0.3, 0.4) is 0 Å². The Hall–Kier alpha value is -1.72. The van der Waals surface area contributed by atoms with E-state index in [2.05, 4.69) is 50.1 Å². The van der Waals surface area contributed by atoms with Crippen molar-refractivity contribution in [3.05, 3.63) is 48.0 Å². The van der Waals surface area contributed by atoms with Gasteiger partial charge in [-0.2, -0.15) is 5.10 Å². The number of hydrogen-bond donors (Lipinski definition) is 1. The first-order valence-electron chi connectivity index (χ1n) is 7.24. The van der Waals surface area contributed by atoms with Gasteiger partial charge in [-0.3, -0.25) is 14.6 Å². The highest BCUT2D eigenvalue weighted by Gasteiger charge is 2.24. The van der Waals surface area contributed by atoms with Gasteiger partial charge in [-0.15, -0.1) is 0 Å². The fraction of sp³-hybridized carbons (Fsp3) is 0.467. The molecule has 0 radical (unpaired) electrons. The van der Waals surface area contributed by atoms with Crippen LogP contribution < -0.4 is 5.32 Å². The second-order valence-corrected chi connectivity index (χ2v) is 5.11. The van der Waals surface area contributed by atoms with Gasteiger partial charge in [-0.05, 0) is 30.7 Å². The molecule has 3 heterocycles. The van der Waals surface area contributed by atoms with Gasteiger partial charge in [-0.1, -0.05) is 0 Å². The second kappa shape index (κ2) is 6.15. The zero-order valence-electron chi connectivity index (χ0n) is 11.9. The molecule has 0 saturated carbocycles. The van der Waals surface area contributed by atoms with Crippen molar-refractivity contribution < 1.29 is 0 Å². The first-order valence-corrected chi connectivity index (χ1v) is 7.24. The Balaban J connectivity index is 1.79. The van der Waals surface area contributed by atoms with Gasteiger partial charge in [0.05, 0.1) is 5.69 Å². The molecule has 5 heteroatoms. The van der Waals surface area contributed by atoms with Crippen molar-refractivity contribution in [1.82, 2.24) is 25.0 Å². The predicted molar refractivity (Wildman–Crippen MR) is 78.2 cm³/mol. The van der Waals surface area contributed by atoms with E-state index in [1.54, 1.807) is 0 Å². The lowest BCUT2D eigenvalue weighted by Gasteiger charge is -2.36. The lowest BCUT2D eigenvalue weighted by atomic mass is 10.0. The number of nitrogens with zero attached hydrogens (tertiary/aromatic N) is 4. The number of pyridine rings is 1. The van der Waals surface area contributed by atoms with Crippen LogP contribution in [0.5, 0.6) is 0 Å². The molecule has 2 aromatic heterocycles. The molecule has 1 atom stereocenters. The summed E-state index contributed by atoms with van der Waals surface area (Å²) < 4.78 is 2.08. The van der Waals surface area contributed by atoms with E-state index in [9.17, 15) is 0 Å². The molecule has 0 bridgehead atoms. The number of rotatable bonds is 4. The standard InChI is InChI=1S/C15H21N5/c1-2-20-14(5-8-18-20)12-19-10-9-17-11-15(19)13-3-6-16-7-4-13/h3-8,15,17H,2,9-12H2,1H3. The summed E-state index contributed by atoms with van der Waals surface area (Å²) in [5.41, 5.74) is 2.61. The minimum absolute atomic E-state index is 0.409. The van der Waals surface area contributed by atoms with E-state index in [1.165, 1.54) is 11.3 Å². The Morgan fingerprint density at radius 3 is 2.90 bits per heavy atom. The fourth-order valence-electron chi connectivity index (χ4n) is 2.84. The van der Waals surface area contributed by atoms with Crippen molar-refractivity contribution in [2.24, 2.45) is 0 Å². The maximum atomic E-state index is 4.36. The van der Waals surface area contributed by atoms with Crippen LogP contribution >= 0.6 is 0 Å². The minimum atomic E-state index is 0.409. The highest BCUT2D eigenvalue weighted by atomic mass is 15.3. The van der Waals surface area contributed by atoms with Gasteiger partial charge < -0.3 is 5.32 Å². The van der Waals surface area contributed by atoms with Gasteiger partial charge in [0.25, 0.3) is 0 Å². The van der Waals surface area contributed by atoms with Crippen molar-refractivity contribution in [3.63, 3.8) is 0 Å². The van der Waals surface area contributed by atoms with Gasteiger partial charge in [0, 0.05) is 57.4 Å². The van der Waals surface area contributed by atoms with Crippen molar-refractivity contribution in [3.8, 4) is 0 Å². The average molecular weight is 271 g/mol. The molecule has 5 nitrogen and oxygen atoms in total. The molecule has 106 valence electrons. The maximum Gasteiger partial charge on any atom is 0.0524 e. The smallest absolute Gasteiger partial charge is 0.0524 e. The zero-order chi connectivity index (χ0) is 13.8. The van der Waals surface area contributed by atoms with Crippen molar-refractivity contribution in [1.29, 1.82) is 0 Å². The molecule has 2 aromatic rings. The topological polar surface area (TPSA) is 46.0 Å². The molecule has 0 aromatic carbocycles. The Morgan fingerprint density at radius 2 is 2.10 bits per heavy atom. The number of hydrogen-bond acceptors (Lipinski definition) is 4. The molecule has 1 aliphatic rings. The number of nitrogens with one attached hydrogen (secondary N) is 1. The van der Waals surface area contributed by atoms with Crippen LogP contribution in [0.2, 0.25) is 0 Å². The molecule has 1 aliphatic heterocycles. The van der Waals surface area contributed by atoms with E-state index in [0.717, 1.165) is 32.7 Å². The molecule has 3 rings (SSSR count). The summed E-state index contributed by atoms with van der Waals surface area (Å²) in [5.74, 6) is 0. The third-order valence-electron chi connectivity index (χ3n) is 3.91. The summed E-state index contributed by atoms with van der Waals surface area (Å²) in [6.45, 7) is 7.10. The van der Waals surface area contributed by atoms with Gasteiger partial charge in [0.15, 0.2) is 0 Å². The molecule has 1 saturated heterocycles. The van der Waals surface area contributed by atoms with Crippen LogP contribution in [0.4, 0.5) is 0 Å². The third kappa shape index (κ3) is 2.73. The van der Waals surface area contributed by atoms with Gasteiger partial charge in [0.1, 0.15) is 0 Å². The van der Waals surface area contributed by atoms with Crippen LogP contribution in [-0.4, -0.2) is 39.3 Å². The van der Waals surface area contributed by atoms with E-state index in [-0.39, 0.29) is 0 Å². The normalized spacial score (nSPS) is 20.1. The molecule has 1 unspecified atom stereocenters. The molecule has 1 N–H and O–H groups in total. The van der Waals surface area contributed by atoms with E-state index < -0.39 is 0 Å². The quantitative estimate of drug-likeness (QED) is 0.914. The molecular formula is C15H21N5. The number of piperazine rings is 1. The Labute approximate surface area is 119 Å². The third-order valence-corrected chi connectivity index (χ3v) is 3.91. The van der Waals surface area contributed by atoms with Crippen LogP contribution in [0, 0.1) is 0 Å². The summed E-state index contributed by atoms with van der Waals surface area (Å²) in [6, 6.07) is 6.76. The second-order valence-electron chi connectivity index (χ2n) is 5.11. The Bertz CT molecular complexity index is 536. The minimum Gasteiger partial charge on any atom is -0.314 e. The lowest BCUT2D eigenvalue weighted by Crippen LogP contribution is -2.45. The summed E-state index contributed by atoms with van der Waals surface area (Å²) >= 11 is 0. The summed E-state index contributed by atoms with van der Waals surface area (Å²) in [7, 11) is 0. The molecule has 20 heavy (non-hydrogen) atoms. The predicted octanol–water partition coefficient (Wildman–Crippen LogP) is 1.44. The molecular weight excluding hydrogens is 250 g/mol. The van der Waals surface area contributed by atoms with Crippen LogP contribution in [0.25, 0.3) is 0 Å². The summed E-state index contributed by atoms with van der Waals surface area (Å²) in [6.07, 6.45) is 5.64. The van der Waals surface area contributed by atoms with Crippen molar-refractivity contribution in [2.45, 2.75) is 26.1 Å². The molecule has 1 fully saturated rings. The SMILES string of the molecule is CCn1nccc1CN1CCNCC1c1ccncc1. The first-order chi connectivity index (χ1) is 9.88. The van der Waals surface area contributed by atoms with Crippen LogP contribution in [0.1, 0.15) is 24.2 Å². The average Bonchev–Trinajstić information content (AvgIpc) is 2.96. The molecule has 0 aliphatic carbocycles. The maximum absolute atomic E-state index is 4.36. The lowest BCUT2D eigenvalue weighted by molar-refractivity contribution is 0.149. The monoisotopic (exact) mass is 271 g/mol. The summed E-state index contributed by atoms with van der Waals surface area (Å²) in [5, 5.41) is 7.85. The first kappa shape index (κ1) is 13.3. The van der Waals surface area contributed by atoms with Gasteiger partial charge in [0.2, 0.25) is 0 Å². The van der Waals surface area contributed by atoms with Crippen LogP contribution in [-0.2, 0) is 13.1 Å². The molecule has 0 amide bonds. The highest BCUT2D eigenvalue weighted by molar-refractivity contribution is 5.17. The van der Waals surface area contributed by atoms with Crippen molar-refractivity contribution >= 4 is 0 Å². The van der Waals surface area contributed by atoms with Crippen LogP contribution in [0.15, 0.2) is 36.8 Å². The van der Waals surface area contributed by atoms with E-state index >= 15 is 0 Å². The number of aryl methyl sites for hydroxylation is 1. The van der Waals surface area contributed by atoms with Gasteiger partial charge in [-0.25, -0.2) is 0 Å². The highest BCUT2D eigenvalue weighted by Crippen LogP contribution is 2.23. The fourth-order valence-corrected chi connectivity index (χ4v) is 2.84.